The van der Waals surface area contributed by atoms with E-state index >= 15 is 0 Å². The number of halogens is 1. The van der Waals surface area contributed by atoms with E-state index in [1.54, 1.807) is 7.05 Å². The number of aliphatic imine (C=N–C) groups is 1. The van der Waals surface area contributed by atoms with Crippen LogP contribution in [0.25, 0.3) is 0 Å². The Balaban J connectivity index is 2.47. The molecule has 0 aliphatic carbocycles. The van der Waals surface area contributed by atoms with Crippen molar-refractivity contribution in [1.29, 1.82) is 0 Å². The van der Waals surface area contributed by atoms with Crippen molar-refractivity contribution in [2.75, 3.05) is 13.6 Å². The highest BCUT2D eigenvalue weighted by molar-refractivity contribution is 9.10. The molecule has 0 saturated carbocycles. The van der Waals surface area contributed by atoms with Gasteiger partial charge in [0, 0.05) is 24.6 Å². The van der Waals surface area contributed by atoms with Crippen LogP contribution in [0.2, 0.25) is 0 Å². The van der Waals surface area contributed by atoms with E-state index in [0.29, 0.717) is 0 Å². The van der Waals surface area contributed by atoms with Crippen molar-refractivity contribution in [3.05, 3.63) is 33.8 Å². The molecular formula is C14H22BrN3. The first-order valence-corrected chi connectivity index (χ1v) is 7.16. The van der Waals surface area contributed by atoms with Gasteiger partial charge in [0.05, 0.1) is 0 Å². The van der Waals surface area contributed by atoms with Gasteiger partial charge in [-0.2, -0.15) is 0 Å². The highest BCUT2D eigenvalue weighted by Crippen LogP contribution is 2.15. The van der Waals surface area contributed by atoms with Crippen LogP contribution in [0, 0.1) is 6.92 Å². The fourth-order valence-electron chi connectivity index (χ4n) is 1.64. The van der Waals surface area contributed by atoms with E-state index in [4.69, 9.17) is 0 Å². The van der Waals surface area contributed by atoms with Crippen LogP contribution in [-0.4, -0.2) is 19.6 Å². The molecule has 0 unspecified atom stereocenters. The summed E-state index contributed by atoms with van der Waals surface area (Å²) in [6.07, 6.45) is 2.35. The summed E-state index contributed by atoms with van der Waals surface area (Å²) in [4.78, 5) is 4.21. The van der Waals surface area contributed by atoms with Crippen LogP contribution >= 0.6 is 15.9 Å². The Bertz CT molecular complexity index is 402. The molecule has 0 aromatic heterocycles. The van der Waals surface area contributed by atoms with Crippen molar-refractivity contribution in [2.45, 2.75) is 33.2 Å². The molecule has 18 heavy (non-hydrogen) atoms. The first kappa shape index (κ1) is 15.0. The zero-order valence-electron chi connectivity index (χ0n) is 11.4. The number of hydrogen-bond acceptors (Lipinski definition) is 1. The van der Waals surface area contributed by atoms with Gasteiger partial charge in [0.15, 0.2) is 5.96 Å². The molecule has 4 heteroatoms. The molecule has 1 rings (SSSR count). The van der Waals surface area contributed by atoms with E-state index < -0.39 is 0 Å². The molecular weight excluding hydrogens is 290 g/mol. The summed E-state index contributed by atoms with van der Waals surface area (Å²) in [5, 5.41) is 6.63. The van der Waals surface area contributed by atoms with Gasteiger partial charge in [-0.1, -0.05) is 35.3 Å². The largest absolute Gasteiger partial charge is 0.356 e. The van der Waals surface area contributed by atoms with E-state index in [9.17, 15) is 0 Å². The molecule has 2 N–H and O–H groups in total. The molecule has 3 nitrogen and oxygen atoms in total. The van der Waals surface area contributed by atoms with Gasteiger partial charge in [-0.25, -0.2) is 0 Å². The third-order valence-corrected chi connectivity index (χ3v) is 3.29. The fraction of sp³-hybridized carbons (Fsp3) is 0.500. The lowest BCUT2D eigenvalue weighted by atomic mass is 10.1. The molecule has 0 spiro atoms. The van der Waals surface area contributed by atoms with E-state index in [1.807, 2.05) is 0 Å². The zero-order valence-corrected chi connectivity index (χ0v) is 13.0. The normalized spacial score (nSPS) is 11.4. The monoisotopic (exact) mass is 311 g/mol. The number of nitrogens with one attached hydrogen (secondary N) is 2. The first-order chi connectivity index (χ1) is 8.67. The van der Waals surface area contributed by atoms with Crippen LogP contribution in [0.5, 0.6) is 0 Å². The van der Waals surface area contributed by atoms with Crippen molar-refractivity contribution >= 4 is 21.9 Å². The van der Waals surface area contributed by atoms with Crippen LogP contribution in [0.3, 0.4) is 0 Å². The number of aryl methyl sites for hydroxylation is 1. The van der Waals surface area contributed by atoms with E-state index in [0.717, 1.165) is 29.9 Å². The fourth-order valence-corrected chi connectivity index (χ4v) is 2.12. The topological polar surface area (TPSA) is 36.4 Å². The maximum atomic E-state index is 4.21. The third-order valence-electron chi connectivity index (χ3n) is 2.80. The zero-order chi connectivity index (χ0) is 13.4. The second-order valence-corrected chi connectivity index (χ2v) is 5.19. The molecule has 1 aromatic rings. The molecule has 0 radical (unpaired) electrons. The standard InChI is InChI=1S/C14H22BrN3/c1-4-5-8-17-14(16-3)18-10-12-6-7-13(15)9-11(12)2/h6-7,9H,4-5,8,10H2,1-3H3,(H2,16,17,18). The summed E-state index contributed by atoms with van der Waals surface area (Å²) in [6, 6.07) is 6.33. The Kier molecular flexibility index (Phi) is 6.80. The van der Waals surface area contributed by atoms with Crippen LogP contribution in [-0.2, 0) is 6.54 Å². The minimum atomic E-state index is 0.797. The van der Waals surface area contributed by atoms with Gasteiger partial charge in [-0.05, 0) is 36.6 Å². The molecule has 100 valence electrons. The minimum absolute atomic E-state index is 0.797. The average Bonchev–Trinajstić information content (AvgIpc) is 2.35. The van der Waals surface area contributed by atoms with E-state index in [1.165, 1.54) is 17.5 Å². The molecule has 0 aliphatic heterocycles. The molecule has 0 amide bonds. The van der Waals surface area contributed by atoms with Crippen molar-refractivity contribution in [2.24, 2.45) is 4.99 Å². The average molecular weight is 312 g/mol. The summed E-state index contributed by atoms with van der Waals surface area (Å²) in [6.45, 7) is 6.07. The SMILES string of the molecule is CCCCNC(=NC)NCc1ccc(Br)cc1C. The van der Waals surface area contributed by atoms with Crippen LogP contribution in [0.4, 0.5) is 0 Å². The number of guanidine groups is 1. The van der Waals surface area contributed by atoms with Gasteiger partial charge in [-0.3, -0.25) is 4.99 Å². The number of unbranched alkanes of at least 4 members (excludes halogenated alkanes) is 1. The Morgan fingerprint density at radius 3 is 2.72 bits per heavy atom. The lowest BCUT2D eigenvalue weighted by Gasteiger charge is -2.13. The quantitative estimate of drug-likeness (QED) is 0.497. The van der Waals surface area contributed by atoms with Gasteiger partial charge >= 0.3 is 0 Å². The Morgan fingerprint density at radius 1 is 1.33 bits per heavy atom. The van der Waals surface area contributed by atoms with Crippen molar-refractivity contribution in [3.63, 3.8) is 0 Å². The Hall–Kier alpha value is -1.03. The number of nitrogens with zero attached hydrogens (tertiary/aromatic N) is 1. The molecule has 0 aliphatic rings. The highest BCUT2D eigenvalue weighted by Gasteiger charge is 2.01. The van der Waals surface area contributed by atoms with Gasteiger partial charge in [-0.15, -0.1) is 0 Å². The van der Waals surface area contributed by atoms with Crippen molar-refractivity contribution < 1.29 is 0 Å². The number of benzene rings is 1. The molecule has 0 saturated heterocycles. The van der Waals surface area contributed by atoms with Gasteiger partial charge in [0.1, 0.15) is 0 Å². The van der Waals surface area contributed by atoms with Crippen molar-refractivity contribution in [3.8, 4) is 0 Å². The molecule has 0 bridgehead atoms. The Morgan fingerprint density at radius 2 is 2.11 bits per heavy atom. The van der Waals surface area contributed by atoms with Gasteiger partial charge in [0.25, 0.3) is 0 Å². The van der Waals surface area contributed by atoms with E-state index in [-0.39, 0.29) is 0 Å². The summed E-state index contributed by atoms with van der Waals surface area (Å²) in [5.41, 5.74) is 2.57. The lowest BCUT2D eigenvalue weighted by molar-refractivity contribution is 0.728. The van der Waals surface area contributed by atoms with Crippen LogP contribution in [0.15, 0.2) is 27.7 Å². The lowest BCUT2D eigenvalue weighted by Crippen LogP contribution is -2.37. The van der Waals surface area contributed by atoms with Crippen LogP contribution < -0.4 is 10.6 Å². The maximum Gasteiger partial charge on any atom is 0.191 e. The Labute approximate surface area is 118 Å². The molecule has 0 heterocycles. The highest BCUT2D eigenvalue weighted by atomic mass is 79.9. The predicted molar refractivity (Wildman–Crippen MR) is 82.0 cm³/mol. The second kappa shape index (κ2) is 8.14. The molecule has 1 aromatic carbocycles. The predicted octanol–water partition coefficient (Wildman–Crippen LogP) is 3.22. The summed E-state index contributed by atoms with van der Waals surface area (Å²) < 4.78 is 1.12. The third kappa shape index (κ3) is 5.08. The molecule has 0 fully saturated rings. The maximum absolute atomic E-state index is 4.21. The first-order valence-electron chi connectivity index (χ1n) is 6.37. The van der Waals surface area contributed by atoms with Crippen LogP contribution in [0.1, 0.15) is 30.9 Å². The second-order valence-electron chi connectivity index (χ2n) is 4.28. The smallest absolute Gasteiger partial charge is 0.191 e. The van der Waals surface area contributed by atoms with Crippen molar-refractivity contribution in [1.82, 2.24) is 10.6 Å². The summed E-state index contributed by atoms with van der Waals surface area (Å²) in [5.74, 6) is 0.866. The number of rotatable bonds is 5. The van der Waals surface area contributed by atoms with Gasteiger partial charge in [0.2, 0.25) is 0 Å². The number of hydrogen-bond donors (Lipinski definition) is 2. The van der Waals surface area contributed by atoms with E-state index in [2.05, 4.69) is 63.6 Å². The summed E-state index contributed by atoms with van der Waals surface area (Å²) in [7, 11) is 1.80. The summed E-state index contributed by atoms with van der Waals surface area (Å²) >= 11 is 3.48. The molecule has 0 atom stereocenters. The van der Waals surface area contributed by atoms with Gasteiger partial charge < -0.3 is 10.6 Å². The minimum Gasteiger partial charge on any atom is -0.356 e.